The second kappa shape index (κ2) is 8.49. The van der Waals surface area contributed by atoms with Crippen molar-refractivity contribution < 1.29 is 14.6 Å². The molecule has 0 aliphatic rings. The van der Waals surface area contributed by atoms with E-state index in [1.54, 1.807) is 31.4 Å². The molecule has 0 unspecified atom stereocenters. The van der Waals surface area contributed by atoms with Crippen molar-refractivity contribution in [1.82, 2.24) is 19.7 Å². The fourth-order valence-corrected chi connectivity index (χ4v) is 4.24. The van der Waals surface area contributed by atoms with E-state index in [1.807, 2.05) is 42.8 Å². The van der Waals surface area contributed by atoms with Crippen LogP contribution in [0.3, 0.4) is 0 Å². The van der Waals surface area contributed by atoms with Crippen LogP contribution in [0.1, 0.15) is 11.3 Å². The number of carbonyl (C=O) groups is 1. The van der Waals surface area contributed by atoms with E-state index >= 15 is 0 Å². The lowest BCUT2D eigenvalue weighted by Gasteiger charge is -2.05. The van der Waals surface area contributed by atoms with E-state index in [9.17, 15) is 9.90 Å². The van der Waals surface area contributed by atoms with Crippen molar-refractivity contribution in [3.05, 3.63) is 63.6 Å². The van der Waals surface area contributed by atoms with Gasteiger partial charge in [-0.25, -0.2) is 9.78 Å². The standard InChI is InChI=1S/C22H19ClN4O3S/c1-12-15(14-6-4-5-7-17(14)27(12)2)11-19(21(28)29)31-22-24-20(25-26-22)16-10-13(23)8-9-18(16)30-3/h4-11H,1-3H3,(H,28,29)(H,24,25,26)/b19-11-. The molecule has 9 heteroatoms. The van der Waals surface area contributed by atoms with Gasteiger partial charge in [-0.1, -0.05) is 29.8 Å². The van der Waals surface area contributed by atoms with Gasteiger partial charge in [-0.15, -0.1) is 5.10 Å². The number of aromatic nitrogens is 4. The Morgan fingerprint density at radius 1 is 1.29 bits per heavy atom. The van der Waals surface area contributed by atoms with Crippen molar-refractivity contribution in [3.63, 3.8) is 0 Å². The summed E-state index contributed by atoms with van der Waals surface area (Å²) >= 11 is 7.08. The van der Waals surface area contributed by atoms with Gasteiger partial charge in [0.2, 0.25) is 5.16 Å². The van der Waals surface area contributed by atoms with Gasteiger partial charge in [0.15, 0.2) is 5.82 Å². The molecule has 0 saturated heterocycles. The van der Waals surface area contributed by atoms with E-state index in [0.717, 1.165) is 33.9 Å². The number of thioether (sulfide) groups is 1. The maximum Gasteiger partial charge on any atom is 0.342 e. The summed E-state index contributed by atoms with van der Waals surface area (Å²) in [7, 11) is 3.51. The van der Waals surface area contributed by atoms with Gasteiger partial charge in [0, 0.05) is 34.2 Å². The van der Waals surface area contributed by atoms with Crippen LogP contribution in [0.15, 0.2) is 52.5 Å². The van der Waals surface area contributed by atoms with Crippen LogP contribution >= 0.6 is 23.4 Å². The van der Waals surface area contributed by atoms with Crippen molar-refractivity contribution in [2.75, 3.05) is 7.11 Å². The van der Waals surface area contributed by atoms with Crippen LogP contribution in [0.5, 0.6) is 5.75 Å². The number of para-hydroxylation sites is 1. The van der Waals surface area contributed by atoms with Crippen molar-refractivity contribution in [2.45, 2.75) is 12.1 Å². The summed E-state index contributed by atoms with van der Waals surface area (Å²) in [6, 6.07) is 13.0. The minimum Gasteiger partial charge on any atom is -0.496 e. The fourth-order valence-electron chi connectivity index (χ4n) is 3.37. The van der Waals surface area contributed by atoms with Gasteiger partial charge in [-0.3, -0.25) is 5.10 Å². The summed E-state index contributed by atoms with van der Waals surface area (Å²) in [6.45, 7) is 1.96. The normalized spacial score (nSPS) is 11.8. The first-order valence-corrected chi connectivity index (χ1v) is 10.5. The second-order valence-electron chi connectivity index (χ2n) is 6.80. The van der Waals surface area contributed by atoms with Crippen LogP contribution in [-0.4, -0.2) is 37.9 Å². The van der Waals surface area contributed by atoms with Crippen molar-refractivity contribution in [2.24, 2.45) is 7.05 Å². The Hall–Kier alpha value is -3.23. The lowest BCUT2D eigenvalue weighted by molar-refractivity contribution is -0.131. The molecule has 0 amide bonds. The molecule has 4 rings (SSSR count). The van der Waals surface area contributed by atoms with E-state index in [-0.39, 0.29) is 10.1 Å². The van der Waals surface area contributed by atoms with Gasteiger partial charge in [0.05, 0.1) is 12.7 Å². The molecule has 4 aromatic rings. The molecule has 31 heavy (non-hydrogen) atoms. The quantitative estimate of drug-likeness (QED) is 0.309. The maximum absolute atomic E-state index is 12.0. The number of hydrogen-bond acceptors (Lipinski definition) is 5. The molecule has 0 aliphatic heterocycles. The van der Waals surface area contributed by atoms with Crippen LogP contribution < -0.4 is 4.74 Å². The minimum absolute atomic E-state index is 0.114. The summed E-state index contributed by atoms with van der Waals surface area (Å²) in [5, 5.41) is 18.6. The highest BCUT2D eigenvalue weighted by Gasteiger charge is 2.18. The van der Waals surface area contributed by atoms with Gasteiger partial charge in [-0.2, -0.15) is 0 Å². The van der Waals surface area contributed by atoms with Gasteiger partial charge >= 0.3 is 5.97 Å². The van der Waals surface area contributed by atoms with E-state index in [0.29, 0.717) is 22.2 Å². The number of halogens is 1. The van der Waals surface area contributed by atoms with Crippen molar-refractivity contribution >= 4 is 46.3 Å². The highest BCUT2D eigenvalue weighted by Crippen LogP contribution is 2.34. The van der Waals surface area contributed by atoms with E-state index in [4.69, 9.17) is 16.3 Å². The summed E-state index contributed by atoms with van der Waals surface area (Å²) in [5.41, 5.74) is 3.50. The van der Waals surface area contributed by atoms with Gasteiger partial charge in [-0.05, 0) is 49.0 Å². The number of hydrogen-bond donors (Lipinski definition) is 2. The van der Waals surface area contributed by atoms with Crippen molar-refractivity contribution in [3.8, 4) is 17.1 Å². The first-order chi connectivity index (χ1) is 14.9. The number of carboxylic acids is 1. The third kappa shape index (κ3) is 4.04. The largest absolute Gasteiger partial charge is 0.496 e. The predicted molar refractivity (Wildman–Crippen MR) is 123 cm³/mol. The lowest BCUT2D eigenvalue weighted by Crippen LogP contribution is -1.98. The number of ether oxygens (including phenoxy) is 1. The van der Waals surface area contributed by atoms with Crippen LogP contribution in [0.4, 0.5) is 0 Å². The number of rotatable bonds is 6. The Morgan fingerprint density at radius 3 is 2.81 bits per heavy atom. The molecule has 158 valence electrons. The van der Waals surface area contributed by atoms with Crippen LogP contribution in [-0.2, 0) is 11.8 Å². The molecule has 2 heterocycles. The first kappa shape index (κ1) is 21.0. The van der Waals surface area contributed by atoms with Crippen LogP contribution in [0.2, 0.25) is 5.02 Å². The Morgan fingerprint density at radius 2 is 2.06 bits per heavy atom. The average Bonchev–Trinajstić information content (AvgIpc) is 3.32. The number of H-pyrrole nitrogens is 1. The topological polar surface area (TPSA) is 93.0 Å². The highest BCUT2D eigenvalue weighted by atomic mass is 35.5. The zero-order valence-electron chi connectivity index (χ0n) is 17.0. The van der Waals surface area contributed by atoms with E-state index in [1.165, 1.54) is 0 Å². The predicted octanol–water partition coefficient (Wildman–Crippen LogP) is 5.15. The minimum atomic E-state index is -1.05. The number of methoxy groups -OCH3 is 1. The third-order valence-electron chi connectivity index (χ3n) is 5.02. The van der Waals surface area contributed by atoms with Crippen molar-refractivity contribution in [1.29, 1.82) is 0 Å². The molecule has 0 radical (unpaired) electrons. The Bertz CT molecular complexity index is 1330. The zero-order chi connectivity index (χ0) is 22.1. The molecule has 0 spiro atoms. The van der Waals surface area contributed by atoms with Gasteiger partial charge < -0.3 is 14.4 Å². The monoisotopic (exact) mass is 454 g/mol. The smallest absolute Gasteiger partial charge is 0.342 e. The molecule has 2 N–H and O–H groups in total. The molecule has 2 aromatic heterocycles. The summed E-state index contributed by atoms with van der Waals surface area (Å²) in [5.74, 6) is -0.0329. The number of aromatic amines is 1. The molecule has 0 aliphatic carbocycles. The Labute approximate surface area is 187 Å². The third-order valence-corrected chi connectivity index (χ3v) is 6.13. The van der Waals surface area contributed by atoms with Gasteiger partial charge in [0.1, 0.15) is 10.7 Å². The summed E-state index contributed by atoms with van der Waals surface area (Å²) in [4.78, 5) is 16.5. The number of nitrogens with one attached hydrogen (secondary N) is 1. The number of fused-ring (bicyclic) bond motifs is 1. The Kier molecular flexibility index (Phi) is 5.75. The molecule has 0 saturated carbocycles. The number of carboxylic acid groups (broad SMARTS) is 1. The zero-order valence-corrected chi connectivity index (χ0v) is 18.6. The van der Waals surface area contributed by atoms with E-state index < -0.39 is 5.97 Å². The fraction of sp³-hybridized carbons (Fsp3) is 0.136. The van der Waals surface area contributed by atoms with Crippen LogP contribution in [0, 0.1) is 6.92 Å². The number of nitrogens with zero attached hydrogens (tertiary/aromatic N) is 3. The van der Waals surface area contributed by atoms with E-state index in [2.05, 4.69) is 15.2 Å². The SMILES string of the molecule is COc1ccc(Cl)cc1-c1nc(S/C(=C\c2c(C)n(C)c3ccccc23)C(=O)O)n[nH]1. The number of aryl methyl sites for hydroxylation is 1. The first-order valence-electron chi connectivity index (χ1n) is 9.32. The molecular weight excluding hydrogens is 436 g/mol. The molecule has 0 fully saturated rings. The van der Waals surface area contributed by atoms with Gasteiger partial charge in [0.25, 0.3) is 0 Å². The maximum atomic E-state index is 12.0. The highest BCUT2D eigenvalue weighted by molar-refractivity contribution is 8.04. The van der Waals surface area contributed by atoms with Crippen LogP contribution in [0.25, 0.3) is 28.4 Å². The summed E-state index contributed by atoms with van der Waals surface area (Å²) < 4.78 is 7.40. The Balaban J connectivity index is 1.71. The average molecular weight is 455 g/mol. The number of benzene rings is 2. The molecular formula is C22H19ClN4O3S. The molecule has 0 atom stereocenters. The second-order valence-corrected chi connectivity index (χ2v) is 8.25. The molecule has 7 nitrogen and oxygen atoms in total. The molecule has 2 aromatic carbocycles. The lowest BCUT2D eigenvalue weighted by atomic mass is 10.1. The number of aliphatic carboxylic acids is 1. The molecule has 0 bridgehead atoms. The summed E-state index contributed by atoms with van der Waals surface area (Å²) in [6.07, 6.45) is 1.67.